The van der Waals surface area contributed by atoms with Gasteiger partial charge >= 0.3 is 0 Å². The summed E-state index contributed by atoms with van der Waals surface area (Å²) in [7, 11) is 0. The molecule has 3 aromatic rings. The molecule has 0 bridgehead atoms. The number of nitrogens with zero attached hydrogens (tertiary/aromatic N) is 1. The summed E-state index contributed by atoms with van der Waals surface area (Å²) in [5.41, 5.74) is 3.36. The Hall–Kier alpha value is -2.29. The van der Waals surface area contributed by atoms with Gasteiger partial charge in [0.2, 0.25) is 0 Å². The number of benzene rings is 2. The molecule has 0 unspecified atom stereocenters. The van der Waals surface area contributed by atoms with Crippen molar-refractivity contribution < 1.29 is 22.1 Å². The minimum Gasteiger partial charge on any atom is -1.00 e. The summed E-state index contributed by atoms with van der Waals surface area (Å²) in [5.74, 6) is 0.281. The van der Waals surface area contributed by atoms with Crippen LogP contribution in [0, 0.1) is 0 Å². The lowest BCUT2D eigenvalue weighted by Gasteiger charge is -1.99. The van der Waals surface area contributed by atoms with Crippen molar-refractivity contribution in [2.75, 3.05) is 0 Å². The highest BCUT2D eigenvalue weighted by Gasteiger charge is 2.02. The quantitative estimate of drug-likeness (QED) is 0.704. The molecule has 3 rings (SSSR count). The van der Waals surface area contributed by atoms with E-state index in [1.165, 1.54) is 5.56 Å². The first kappa shape index (κ1) is 18.1. The SMILES string of the molecule is Oc1ccc(/C=C/c2cc[n+](Cc3cccc(Cl)c3)cc2)cc1.[Cl-]. The molecule has 1 N–H and O–H groups in total. The van der Waals surface area contributed by atoms with Crippen molar-refractivity contribution in [2.24, 2.45) is 0 Å². The van der Waals surface area contributed by atoms with Crippen LogP contribution in [0.4, 0.5) is 0 Å². The van der Waals surface area contributed by atoms with Gasteiger partial charge in [-0.1, -0.05) is 48.0 Å². The highest BCUT2D eigenvalue weighted by molar-refractivity contribution is 6.30. The molecular weight excluding hydrogens is 341 g/mol. The molecule has 0 saturated heterocycles. The van der Waals surface area contributed by atoms with Crippen LogP contribution in [0.5, 0.6) is 5.75 Å². The molecule has 0 aliphatic carbocycles. The second-order valence-electron chi connectivity index (χ2n) is 5.36. The topological polar surface area (TPSA) is 24.1 Å². The smallest absolute Gasteiger partial charge is 0.173 e. The van der Waals surface area contributed by atoms with Crippen LogP contribution in [-0.2, 0) is 6.54 Å². The molecule has 0 fully saturated rings. The fourth-order valence-electron chi connectivity index (χ4n) is 2.31. The summed E-state index contributed by atoms with van der Waals surface area (Å²) in [6.07, 6.45) is 8.18. The van der Waals surface area contributed by atoms with Crippen LogP contribution in [0.2, 0.25) is 5.02 Å². The lowest BCUT2D eigenvalue weighted by atomic mass is 10.1. The molecule has 0 aliphatic heterocycles. The van der Waals surface area contributed by atoms with E-state index in [9.17, 15) is 5.11 Å². The summed E-state index contributed by atoms with van der Waals surface area (Å²) in [4.78, 5) is 0. The van der Waals surface area contributed by atoms with Gasteiger partial charge in [0.1, 0.15) is 5.75 Å². The van der Waals surface area contributed by atoms with Crippen molar-refractivity contribution in [2.45, 2.75) is 6.54 Å². The lowest BCUT2D eigenvalue weighted by Crippen LogP contribution is -3.00. The molecule has 122 valence electrons. The summed E-state index contributed by atoms with van der Waals surface area (Å²) in [6.45, 7) is 0.794. The van der Waals surface area contributed by atoms with E-state index in [0.29, 0.717) is 0 Å². The largest absolute Gasteiger partial charge is 1.00 e. The molecule has 1 heterocycles. The number of phenols is 1. The third kappa shape index (κ3) is 5.12. The number of aromatic hydroxyl groups is 1. The van der Waals surface area contributed by atoms with Gasteiger partial charge in [0.05, 0.1) is 0 Å². The van der Waals surface area contributed by atoms with Crippen molar-refractivity contribution in [3.63, 3.8) is 0 Å². The number of pyridine rings is 1. The van der Waals surface area contributed by atoms with E-state index >= 15 is 0 Å². The average Bonchev–Trinajstić information content (AvgIpc) is 2.56. The third-order valence-corrected chi connectivity index (χ3v) is 3.77. The fraction of sp³-hybridized carbons (Fsp3) is 0.0500. The van der Waals surface area contributed by atoms with Crippen LogP contribution in [0.15, 0.2) is 73.1 Å². The van der Waals surface area contributed by atoms with Crippen LogP contribution in [0.25, 0.3) is 12.2 Å². The highest BCUT2D eigenvalue weighted by Crippen LogP contribution is 2.13. The van der Waals surface area contributed by atoms with Gasteiger partial charge in [0, 0.05) is 22.7 Å². The molecule has 2 aromatic carbocycles. The Balaban J connectivity index is 0.00000208. The van der Waals surface area contributed by atoms with Crippen LogP contribution >= 0.6 is 11.6 Å². The maximum absolute atomic E-state index is 9.28. The van der Waals surface area contributed by atoms with Crippen molar-refractivity contribution >= 4 is 23.8 Å². The zero-order chi connectivity index (χ0) is 16.1. The zero-order valence-electron chi connectivity index (χ0n) is 12.9. The molecule has 4 heteroatoms. The standard InChI is InChI=1S/C20H16ClNO.ClH/c21-19-3-1-2-18(14-19)15-22-12-10-17(11-13-22)5-4-16-6-8-20(23)9-7-16;/h1-14H,15H2;1H. The van der Waals surface area contributed by atoms with Gasteiger partial charge in [0.25, 0.3) is 0 Å². The van der Waals surface area contributed by atoms with Crippen LogP contribution in [0.1, 0.15) is 16.7 Å². The maximum Gasteiger partial charge on any atom is 0.173 e. The van der Waals surface area contributed by atoms with Gasteiger partial charge in [-0.25, -0.2) is 4.57 Å². The van der Waals surface area contributed by atoms with E-state index < -0.39 is 0 Å². The number of hydrogen-bond donors (Lipinski definition) is 1. The molecule has 0 spiro atoms. The minimum absolute atomic E-state index is 0. The second-order valence-corrected chi connectivity index (χ2v) is 5.80. The Morgan fingerprint density at radius 3 is 2.12 bits per heavy atom. The fourth-order valence-corrected chi connectivity index (χ4v) is 2.52. The molecule has 0 aliphatic rings. The Bertz CT molecular complexity index is 812. The van der Waals surface area contributed by atoms with E-state index in [0.717, 1.165) is 22.7 Å². The third-order valence-electron chi connectivity index (χ3n) is 3.53. The first-order valence-electron chi connectivity index (χ1n) is 7.40. The van der Waals surface area contributed by atoms with Crippen molar-refractivity contribution in [3.8, 4) is 5.75 Å². The number of aromatic nitrogens is 1. The minimum atomic E-state index is 0. The van der Waals surface area contributed by atoms with Gasteiger partial charge in [-0.3, -0.25) is 0 Å². The van der Waals surface area contributed by atoms with Gasteiger partial charge in [-0.2, -0.15) is 0 Å². The van der Waals surface area contributed by atoms with Gasteiger partial charge in [-0.15, -0.1) is 0 Å². The van der Waals surface area contributed by atoms with Crippen LogP contribution < -0.4 is 17.0 Å². The zero-order valence-corrected chi connectivity index (χ0v) is 14.5. The number of phenolic OH excluding ortho intramolecular Hbond substituents is 1. The van der Waals surface area contributed by atoms with Crippen LogP contribution in [0.3, 0.4) is 0 Å². The summed E-state index contributed by atoms with van der Waals surface area (Å²) >= 11 is 6.01. The molecule has 0 saturated carbocycles. The molecule has 0 radical (unpaired) electrons. The Kier molecular flexibility index (Phi) is 6.42. The van der Waals surface area contributed by atoms with E-state index in [2.05, 4.69) is 41.2 Å². The lowest BCUT2D eigenvalue weighted by molar-refractivity contribution is -0.688. The molecule has 24 heavy (non-hydrogen) atoms. The molecular formula is C20H17Cl2NO. The van der Waals surface area contributed by atoms with E-state index in [1.54, 1.807) is 12.1 Å². The van der Waals surface area contributed by atoms with Crippen LogP contribution in [-0.4, -0.2) is 5.11 Å². The summed E-state index contributed by atoms with van der Waals surface area (Å²) in [6, 6.07) is 19.2. The van der Waals surface area contributed by atoms with Crippen molar-refractivity contribution in [3.05, 3.63) is 94.8 Å². The Morgan fingerprint density at radius 1 is 0.875 bits per heavy atom. The average molecular weight is 358 g/mol. The number of hydrogen-bond acceptors (Lipinski definition) is 1. The van der Waals surface area contributed by atoms with Crippen molar-refractivity contribution in [1.29, 1.82) is 0 Å². The van der Waals surface area contributed by atoms with Crippen molar-refractivity contribution in [1.82, 2.24) is 0 Å². The Labute approximate surface area is 153 Å². The number of rotatable bonds is 4. The van der Waals surface area contributed by atoms with E-state index in [1.807, 2.05) is 36.4 Å². The maximum atomic E-state index is 9.28. The number of halogens is 2. The molecule has 1 aromatic heterocycles. The molecule has 2 nitrogen and oxygen atoms in total. The first-order chi connectivity index (χ1) is 11.2. The summed E-state index contributed by atoms with van der Waals surface area (Å²) < 4.78 is 2.11. The van der Waals surface area contributed by atoms with Gasteiger partial charge < -0.3 is 17.5 Å². The predicted molar refractivity (Wildman–Crippen MR) is 94.2 cm³/mol. The summed E-state index contributed by atoms with van der Waals surface area (Å²) in [5, 5.41) is 10.0. The molecule has 0 amide bonds. The molecule has 0 atom stereocenters. The van der Waals surface area contributed by atoms with E-state index in [4.69, 9.17) is 11.6 Å². The van der Waals surface area contributed by atoms with E-state index in [-0.39, 0.29) is 18.2 Å². The highest BCUT2D eigenvalue weighted by atomic mass is 35.5. The first-order valence-corrected chi connectivity index (χ1v) is 7.77. The van der Waals surface area contributed by atoms with Gasteiger partial charge in [0.15, 0.2) is 18.9 Å². The monoisotopic (exact) mass is 357 g/mol. The Morgan fingerprint density at radius 2 is 1.50 bits per heavy atom. The predicted octanol–water partition coefficient (Wildman–Crippen LogP) is 1.56. The second kappa shape index (κ2) is 8.53. The normalized spacial score (nSPS) is 10.5. The van der Waals surface area contributed by atoms with Gasteiger partial charge in [-0.05, 0) is 35.4 Å².